The predicted molar refractivity (Wildman–Crippen MR) is 294 cm³/mol. The van der Waals surface area contributed by atoms with Crippen molar-refractivity contribution < 1.29 is 0 Å². The summed E-state index contributed by atoms with van der Waals surface area (Å²) in [4.78, 5) is 0. The number of hydrogen-bond acceptors (Lipinski definition) is 0. The smallest absolute Gasteiger partial charge is 0.00197 e. The minimum Gasteiger partial charge on any atom is -0.0587 e. The third kappa shape index (κ3) is 6.30. The van der Waals surface area contributed by atoms with Gasteiger partial charge in [0.1, 0.15) is 0 Å². The summed E-state index contributed by atoms with van der Waals surface area (Å²) < 4.78 is 0. The van der Waals surface area contributed by atoms with Gasteiger partial charge in [0, 0.05) is 0 Å². The van der Waals surface area contributed by atoms with Crippen molar-refractivity contribution in [1.82, 2.24) is 0 Å². The Hall–Kier alpha value is -5.98. The zero-order valence-electron chi connectivity index (χ0n) is 41.9. The van der Waals surface area contributed by atoms with Gasteiger partial charge in [-0.05, 0) is 227 Å². The van der Waals surface area contributed by atoms with Gasteiger partial charge in [-0.15, -0.1) is 0 Å². The van der Waals surface area contributed by atoms with Crippen LogP contribution in [-0.4, -0.2) is 0 Å². The van der Waals surface area contributed by atoms with Crippen LogP contribution in [-0.2, 0) is 0 Å². The van der Waals surface area contributed by atoms with Crippen molar-refractivity contribution in [1.29, 1.82) is 0 Å². The van der Waals surface area contributed by atoms with Gasteiger partial charge in [-0.2, -0.15) is 0 Å². The molecule has 11 aromatic rings. The van der Waals surface area contributed by atoms with E-state index in [0.717, 1.165) is 0 Å². The highest BCUT2D eigenvalue weighted by Crippen LogP contribution is 2.50. The standard InChI is InChI=1S/C66H66/c1-33(2)43-27-49(35(5)6)63(50(28-43)36(7)8)41-15-17-45-53(25-41)59-23-39(13)21-57-47-19-20-48-56(55(47)31-61(45)65(57)59)32-62-46-18-16-42(26-54(46)60-24-40(14)22-58(48)66(60)62)64-51(37(9)10)29-44(34(3)4)30-52(64)38(11)12/h15-38H,1-14H3. The highest BCUT2D eigenvalue weighted by atomic mass is 14.3. The minimum absolute atomic E-state index is 0.425. The van der Waals surface area contributed by atoms with Gasteiger partial charge in [0.2, 0.25) is 0 Å². The molecular formula is C66H66. The molecule has 0 aliphatic heterocycles. The molecule has 0 heterocycles. The molecule has 0 fully saturated rings. The molecule has 0 nitrogen and oxygen atoms in total. The van der Waals surface area contributed by atoms with Crippen molar-refractivity contribution in [3.05, 3.63) is 154 Å². The molecule has 0 heteroatoms. The molecule has 0 atom stereocenters. The van der Waals surface area contributed by atoms with Crippen LogP contribution in [0.25, 0.3) is 108 Å². The van der Waals surface area contributed by atoms with Crippen LogP contribution in [0.2, 0.25) is 0 Å². The van der Waals surface area contributed by atoms with E-state index in [0.29, 0.717) is 35.5 Å². The summed E-state index contributed by atoms with van der Waals surface area (Å²) in [6.07, 6.45) is 0. The van der Waals surface area contributed by atoms with E-state index in [1.54, 1.807) is 0 Å². The fraction of sp³-hybridized carbons (Fsp3) is 0.303. The molecule has 0 aliphatic rings. The zero-order chi connectivity index (χ0) is 46.4. The van der Waals surface area contributed by atoms with Crippen LogP contribution in [0.1, 0.15) is 163 Å². The Kier molecular flexibility index (Phi) is 9.87. The van der Waals surface area contributed by atoms with Gasteiger partial charge in [-0.1, -0.05) is 168 Å². The lowest BCUT2D eigenvalue weighted by atomic mass is 9.81. The van der Waals surface area contributed by atoms with Crippen molar-refractivity contribution in [2.45, 2.75) is 132 Å². The SMILES string of the molecule is Cc1cc2c3ccc4c(cc5c6ccc(-c7c(C(C)C)cc(C(C)C)cc7C(C)C)cc6c6cc(C)cc4c65)c3cc3c4ccc(-c5c(C(C)C)cc(C(C)C)cc5C(C)C)cc4c(c1)c23. The van der Waals surface area contributed by atoms with Crippen LogP contribution < -0.4 is 0 Å². The second kappa shape index (κ2) is 15.3. The van der Waals surface area contributed by atoms with Gasteiger partial charge in [0.25, 0.3) is 0 Å². The van der Waals surface area contributed by atoms with E-state index in [-0.39, 0.29) is 0 Å². The summed E-state index contributed by atoms with van der Waals surface area (Å²) in [6.45, 7) is 32.8. The Bertz CT molecular complexity index is 3460. The third-order valence-corrected chi connectivity index (χ3v) is 15.6. The minimum atomic E-state index is 0.425. The number of fused-ring (bicyclic) bond motifs is 11. The van der Waals surface area contributed by atoms with Crippen molar-refractivity contribution in [3.8, 4) is 22.3 Å². The molecule has 11 rings (SSSR count). The summed E-state index contributed by atoms with van der Waals surface area (Å²) in [6, 6.07) is 44.5. The maximum absolute atomic E-state index is 2.55. The molecule has 0 radical (unpaired) electrons. The van der Waals surface area contributed by atoms with Gasteiger partial charge < -0.3 is 0 Å². The van der Waals surface area contributed by atoms with E-state index in [9.17, 15) is 0 Å². The number of benzene rings is 9. The Balaban J connectivity index is 1.19. The van der Waals surface area contributed by atoms with Crippen molar-refractivity contribution in [3.63, 3.8) is 0 Å². The average Bonchev–Trinajstić information content (AvgIpc) is 3.76. The van der Waals surface area contributed by atoms with Gasteiger partial charge in [-0.3, -0.25) is 0 Å². The Morgan fingerprint density at radius 2 is 0.500 bits per heavy atom. The number of aryl methyl sites for hydroxylation is 2. The molecule has 11 aromatic carbocycles. The summed E-state index contributed by atoms with van der Waals surface area (Å²) in [5, 5.41) is 21.8. The monoisotopic (exact) mass is 859 g/mol. The van der Waals surface area contributed by atoms with E-state index in [1.807, 2.05) is 0 Å². The summed E-state index contributed by atoms with van der Waals surface area (Å²) in [5.74, 6) is 2.68. The molecule has 0 amide bonds. The quantitative estimate of drug-likeness (QED) is 0.134. The van der Waals surface area contributed by atoms with Crippen molar-refractivity contribution >= 4 is 86.2 Å². The zero-order valence-corrected chi connectivity index (χ0v) is 41.9. The molecule has 0 aliphatic carbocycles. The molecule has 66 heavy (non-hydrogen) atoms. The maximum Gasteiger partial charge on any atom is -0.00197 e. The largest absolute Gasteiger partial charge is 0.0587 e. The summed E-state index contributed by atoms with van der Waals surface area (Å²) >= 11 is 0. The normalized spacial score (nSPS) is 12.9. The number of rotatable bonds is 8. The molecule has 0 unspecified atom stereocenters. The lowest BCUT2D eigenvalue weighted by Gasteiger charge is -2.23. The molecular weight excluding hydrogens is 793 g/mol. The maximum atomic E-state index is 2.55. The van der Waals surface area contributed by atoms with Crippen LogP contribution in [0.5, 0.6) is 0 Å². The lowest BCUT2D eigenvalue weighted by Crippen LogP contribution is -2.03. The number of hydrogen-bond donors (Lipinski definition) is 0. The Morgan fingerprint density at radius 1 is 0.242 bits per heavy atom. The van der Waals surface area contributed by atoms with Crippen LogP contribution in [0.15, 0.2) is 109 Å². The first-order chi connectivity index (χ1) is 31.5. The van der Waals surface area contributed by atoms with Gasteiger partial charge in [0.15, 0.2) is 0 Å². The highest BCUT2D eigenvalue weighted by molar-refractivity contribution is 6.40. The topological polar surface area (TPSA) is 0 Å². The third-order valence-electron chi connectivity index (χ3n) is 15.6. The van der Waals surface area contributed by atoms with E-state index in [1.165, 1.54) is 153 Å². The van der Waals surface area contributed by atoms with Gasteiger partial charge in [0.05, 0.1) is 0 Å². The second-order valence-electron chi connectivity index (χ2n) is 22.2. The molecule has 0 spiro atoms. The van der Waals surface area contributed by atoms with Gasteiger partial charge in [-0.25, -0.2) is 0 Å². The molecule has 0 saturated heterocycles. The van der Waals surface area contributed by atoms with Crippen LogP contribution in [0, 0.1) is 13.8 Å². The van der Waals surface area contributed by atoms with E-state index in [2.05, 4.69) is 206 Å². The van der Waals surface area contributed by atoms with Crippen LogP contribution >= 0.6 is 0 Å². The van der Waals surface area contributed by atoms with E-state index >= 15 is 0 Å². The first kappa shape index (κ1) is 42.6. The van der Waals surface area contributed by atoms with Crippen LogP contribution in [0.3, 0.4) is 0 Å². The van der Waals surface area contributed by atoms with Crippen molar-refractivity contribution in [2.24, 2.45) is 0 Å². The first-order valence-electron chi connectivity index (χ1n) is 25.1. The van der Waals surface area contributed by atoms with E-state index in [4.69, 9.17) is 0 Å². The average molecular weight is 859 g/mol. The molecule has 330 valence electrons. The van der Waals surface area contributed by atoms with Crippen molar-refractivity contribution in [2.75, 3.05) is 0 Å². The van der Waals surface area contributed by atoms with Crippen LogP contribution in [0.4, 0.5) is 0 Å². The molecule has 0 aromatic heterocycles. The molecule has 0 bridgehead atoms. The first-order valence-corrected chi connectivity index (χ1v) is 25.1. The molecule has 0 saturated carbocycles. The fourth-order valence-corrected chi connectivity index (χ4v) is 12.2. The van der Waals surface area contributed by atoms with Gasteiger partial charge >= 0.3 is 0 Å². The Morgan fingerprint density at radius 3 is 0.788 bits per heavy atom. The predicted octanol–water partition coefficient (Wildman–Crippen LogP) is 20.5. The van der Waals surface area contributed by atoms with E-state index < -0.39 is 0 Å². The summed E-state index contributed by atoms with van der Waals surface area (Å²) in [5.41, 5.74) is 16.9. The fourth-order valence-electron chi connectivity index (χ4n) is 12.2. The highest BCUT2D eigenvalue weighted by Gasteiger charge is 2.24. The second-order valence-corrected chi connectivity index (χ2v) is 22.2. The Labute approximate surface area is 392 Å². The lowest BCUT2D eigenvalue weighted by molar-refractivity contribution is 0.807. The summed E-state index contributed by atoms with van der Waals surface area (Å²) in [7, 11) is 0. The molecule has 0 N–H and O–H groups in total.